The molecule has 7 heteroatoms. The van der Waals surface area contributed by atoms with Crippen molar-refractivity contribution in [3.05, 3.63) is 102 Å². The Kier molecular flexibility index (Phi) is 23.1. The topological polar surface area (TPSA) is 82.7 Å². The molecule has 51 heavy (non-hydrogen) atoms. The van der Waals surface area contributed by atoms with Crippen LogP contribution in [0, 0.1) is 19.3 Å². The Hall–Kier alpha value is -3.68. The summed E-state index contributed by atoms with van der Waals surface area (Å²) in [7, 11) is 0. The second-order valence-electron chi connectivity index (χ2n) is 14.0. The third kappa shape index (κ3) is 20.7. The molecule has 1 aliphatic rings. The number of nitrogens with zero attached hydrogens (tertiary/aromatic N) is 1. The number of hydrogen-bond acceptors (Lipinski definition) is 5. The molecular weight excluding hydrogens is 633 g/mol. The van der Waals surface area contributed by atoms with Gasteiger partial charge in [-0.2, -0.15) is 0 Å². The van der Waals surface area contributed by atoms with Crippen molar-refractivity contribution < 1.29 is 14.3 Å². The van der Waals surface area contributed by atoms with Gasteiger partial charge in [0, 0.05) is 57.1 Å². The molecule has 1 aromatic rings. The first-order chi connectivity index (χ1) is 24.7. The Labute approximate surface area is 310 Å². The van der Waals surface area contributed by atoms with Gasteiger partial charge in [0.15, 0.2) is 0 Å². The maximum absolute atomic E-state index is 13.3. The summed E-state index contributed by atoms with van der Waals surface area (Å²) in [6.45, 7) is 15.5. The van der Waals surface area contributed by atoms with Gasteiger partial charge in [0.1, 0.15) is 5.75 Å². The molecule has 282 valence electrons. The number of nitrogens with one attached hydrogen (secondary N) is 3. The molecule has 1 fully saturated rings. The molecular formula is C44H68N4O3. The molecule has 1 atom stereocenters. The second kappa shape index (κ2) is 27.0. The van der Waals surface area contributed by atoms with Crippen molar-refractivity contribution >= 4 is 11.8 Å². The van der Waals surface area contributed by atoms with Crippen LogP contribution in [0.2, 0.25) is 0 Å². The number of carbonyl (C=O) groups excluding carboxylic acids is 2. The van der Waals surface area contributed by atoms with Gasteiger partial charge in [-0.15, -0.1) is 0 Å². The van der Waals surface area contributed by atoms with E-state index >= 15 is 0 Å². The van der Waals surface area contributed by atoms with Crippen LogP contribution in [0.25, 0.3) is 0 Å². The van der Waals surface area contributed by atoms with Crippen LogP contribution in [0.3, 0.4) is 0 Å². The summed E-state index contributed by atoms with van der Waals surface area (Å²) in [5.74, 6) is 0.999. The number of benzene rings is 1. The van der Waals surface area contributed by atoms with Crippen LogP contribution in [0.1, 0.15) is 96.1 Å². The van der Waals surface area contributed by atoms with E-state index < -0.39 is 5.41 Å². The predicted octanol–water partition coefficient (Wildman–Crippen LogP) is 8.47. The number of carbonyl (C=O) groups is 2. The summed E-state index contributed by atoms with van der Waals surface area (Å²) in [6.07, 6.45) is 34.8. The highest BCUT2D eigenvalue weighted by atomic mass is 16.5. The van der Waals surface area contributed by atoms with Gasteiger partial charge in [-0.1, -0.05) is 106 Å². The minimum atomic E-state index is -0.513. The molecule has 0 bridgehead atoms. The third-order valence-electron chi connectivity index (χ3n) is 9.00. The molecule has 1 saturated heterocycles. The molecule has 2 amide bonds. The summed E-state index contributed by atoms with van der Waals surface area (Å²) in [4.78, 5) is 28.3. The number of allylic oxidation sites excluding steroid dienone is 12. The highest BCUT2D eigenvalue weighted by Gasteiger charge is 2.29. The van der Waals surface area contributed by atoms with E-state index in [1.54, 1.807) is 0 Å². The predicted molar refractivity (Wildman–Crippen MR) is 216 cm³/mol. The fourth-order valence-corrected chi connectivity index (χ4v) is 5.67. The lowest BCUT2D eigenvalue weighted by Crippen LogP contribution is -2.56. The molecule has 3 N–H and O–H groups in total. The minimum absolute atomic E-state index is 0.0401. The quantitative estimate of drug-likeness (QED) is 0.0705. The largest absolute Gasteiger partial charge is 0.493 e. The van der Waals surface area contributed by atoms with Gasteiger partial charge in [-0.05, 0) is 88.8 Å². The first kappa shape index (κ1) is 43.5. The van der Waals surface area contributed by atoms with Crippen molar-refractivity contribution in [1.29, 1.82) is 0 Å². The van der Waals surface area contributed by atoms with E-state index in [0.29, 0.717) is 32.5 Å². The van der Waals surface area contributed by atoms with Crippen molar-refractivity contribution in [1.82, 2.24) is 20.9 Å². The summed E-state index contributed by atoms with van der Waals surface area (Å²) in [6, 6.07) is 6.27. The fourth-order valence-electron chi connectivity index (χ4n) is 5.67. The summed E-state index contributed by atoms with van der Waals surface area (Å²) in [5.41, 5.74) is 1.79. The third-order valence-corrected chi connectivity index (χ3v) is 9.00. The number of hydrogen-bond donors (Lipinski definition) is 3. The number of piperazine rings is 1. The van der Waals surface area contributed by atoms with E-state index in [1.165, 1.54) is 5.56 Å². The Morgan fingerprint density at radius 1 is 0.824 bits per heavy atom. The molecule has 1 aliphatic heterocycles. The number of amides is 2. The zero-order valence-corrected chi connectivity index (χ0v) is 32.4. The normalized spacial score (nSPS) is 15.3. The zero-order valence-electron chi connectivity index (χ0n) is 32.4. The smallest absolute Gasteiger partial charge is 0.225 e. The van der Waals surface area contributed by atoms with Crippen molar-refractivity contribution in [3.8, 4) is 5.75 Å². The average molecular weight is 701 g/mol. The van der Waals surface area contributed by atoms with Gasteiger partial charge < -0.3 is 20.7 Å². The minimum Gasteiger partial charge on any atom is -0.493 e. The van der Waals surface area contributed by atoms with Crippen molar-refractivity contribution in [3.63, 3.8) is 0 Å². The van der Waals surface area contributed by atoms with E-state index in [9.17, 15) is 9.59 Å². The Bertz CT molecular complexity index is 1300. The molecule has 0 saturated carbocycles. The molecule has 2 rings (SSSR count). The van der Waals surface area contributed by atoms with Crippen LogP contribution in [-0.4, -0.2) is 68.6 Å². The number of aryl methyl sites for hydroxylation is 2. The standard InChI is InChI=1S/C44H68N4O3/c1-6-7-8-9-10-11-12-13-14-15-16-17-18-19-20-21-22-23-24-26-42(49)46-36-40(48-32-30-45-31-33-48)37-47-43(50)44(4,5)29-25-34-51-41-35-38(2)27-28-39(41)3/h7-8,10-11,13-14,16-17,19-20,22-23,27-28,35,40,45H,6,9,12,15,18,21,24-26,29-34,36-37H2,1-5H3,(H,46,49)(H,47,50)/b8-7-,11-10-,14-13-,17-16-,20-19-,23-22-. The maximum Gasteiger partial charge on any atom is 0.225 e. The van der Waals surface area contributed by atoms with Crippen LogP contribution >= 0.6 is 0 Å². The highest BCUT2D eigenvalue weighted by molar-refractivity contribution is 5.81. The Morgan fingerprint density at radius 2 is 1.37 bits per heavy atom. The van der Waals surface area contributed by atoms with E-state index in [-0.39, 0.29) is 17.9 Å². The first-order valence-corrected chi connectivity index (χ1v) is 19.3. The second-order valence-corrected chi connectivity index (χ2v) is 14.0. The molecule has 1 unspecified atom stereocenters. The molecule has 7 nitrogen and oxygen atoms in total. The lowest BCUT2D eigenvalue weighted by atomic mass is 9.87. The zero-order chi connectivity index (χ0) is 37.0. The van der Waals surface area contributed by atoms with Crippen molar-refractivity contribution in [2.24, 2.45) is 5.41 Å². The first-order valence-electron chi connectivity index (χ1n) is 19.3. The number of rotatable bonds is 25. The van der Waals surface area contributed by atoms with Crippen LogP contribution in [-0.2, 0) is 9.59 Å². The van der Waals surface area contributed by atoms with E-state index in [2.05, 4.69) is 133 Å². The van der Waals surface area contributed by atoms with E-state index in [4.69, 9.17) is 4.74 Å². The molecule has 1 aromatic carbocycles. The summed E-state index contributed by atoms with van der Waals surface area (Å²) in [5, 5.41) is 9.73. The monoisotopic (exact) mass is 701 g/mol. The van der Waals surface area contributed by atoms with E-state index in [1.807, 2.05) is 13.8 Å². The maximum atomic E-state index is 13.3. The average Bonchev–Trinajstić information content (AvgIpc) is 3.12. The molecule has 0 aromatic heterocycles. The molecule has 0 spiro atoms. The van der Waals surface area contributed by atoms with Gasteiger partial charge >= 0.3 is 0 Å². The number of ether oxygens (including phenoxy) is 1. The van der Waals surface area contributed by atoms with Gasteiger partial charge in [0.05, 0.1) is 6.61 Å². The summed E-state index contributed by atoms with van der Waals surface area (Å²) >= 11 is 0. The molecule has 1 heterocycles. The van der Waals surface area contributed by atoms with Crippen molar-refractivity contribution in [2.45, 2.75) is 105 Å². The molecule has 0 aliphatic carbocycles. The SMILES string of the molecule is CC/C=C\C/C=C\C/C=C\C/C=C\C/C=C\C/C=C\CCC(=O)NCC(CNC(=O)C(C)(C)CCCOc1cc(C)ccc1C)N1CCNCC1. The van der Waals surface area contributed by atoms with Gasteiger partial charge in [-0.3, -0.25) is 14.5 Å². The van der Waals surface area contributed by atoms with E-state index in [0.717, 1.165) is 88.9 Å². The van der Waals surface area contributed by atoms with Gasteiger partial charge in [0.25, 0.3) is 0 Å². The highest BCUT2D eigenvalue weighted by Crippen LogP contribution is 2.24. The lowest BCUT2D eigenvalue weighted by Gasteiger charge is -2.36. The Morgan fingerprint density at radius 3 is 1.96 bits per heavy atom. The molecule has 0 radical (unpaired) electrons. The van der Waals surface area contributed by atoms with Crippen molar-refractivity contribution in [2.75, 3.05) is 45.9 Å². The Balaban J connectivity index is 1.64. The van der Waals surface area contributed by atoms with Crippen LogP contribution < -0.4 is 20.7 Å². The van der Waals surface area contributed by atoms with Gasteiger partial charge in [-0.25, -0.2) is 0 Å². The summed E-state index contributed by atoms with van der Waals surface area (Å²) < 4.78 is 6.02. The van der Waals surface area contributed by atoms with Crippen LogP contribution in [0.5, 0.6) is 5.75 Å². The lowest BCUT2D eigenvalue weighted by molar-refractivity contribution is -0.130. The fraction of sp³-hybridized carbons (Fsp3) is 0.545. The van der Waals surface area contributed by atoms with Gasteiger partial charge in [0.2, 0.25) is 11.8 Å². The van der Waals surface area contributed by atoms with Crippen LogP contribution in [0.4, 0.5) is 0 Å². The van der Waals surface area contributed by atoms with Crippen LogP contribution in [0.15, 0.2) is 91.1 Å².